The first kappa shape index (κ1) is 38.8. The summed E-state index contributed by atoms with van der Waals surface area (Å²) in [5.74, 6) is -0.0804. The SMILES string of the molecule is CCOc1cc2c(cc1OC)C(c1ccc(OC)nc1OC)=N[C@@H]1CC[C@@H](O)C[C@H]21.O=C(O)C=CC(=O)O.OC1CCC2NC=c3ccccc3=C2C1. The lowest BCUT2D eigenvalue weighted by Crippen LogP contribution is -2.45. The largest absolute Gasteiger partial charge is 0.493 e. The number of fused-ring (bicyclic) bond motifs is 5. The molecule has 53 heavy (non-hydrogen) atoms. The molecule has 4 aliphatic rings. The smallest absolute Gasteiger partial charge is 0.328 e. The van der Waals surface area contributed by atoms with Gasteiger partial charge in [0.25, 0.3) is 0 Å². The van der Waals surface area contributed by atoms with Crippen molar-refractivity contribution in [2.75, 3.05) is 27.9 Å². The van der Waals surface area contributed by atoms with Crippen molar-refractivity contribution in [1.29, 1.82) is 0 Å². The number of hydrogen-bond donors (Lipinski definition) is 5. The Balaban J connectivity index is 0.000000194. The van der Waals surface area contributed by atoms with E-state index in [1.807, 2.05) is 31.2 Å². The van der Waals surface area contributed by atoms with Gasteiger partial charge in [0.2, 0.25) is 11.8 Å². The minimum Gasteiger partial charge on any atom is -0.493 e. The summed E-state index contributed by atoms with van der Waals surface area (Å²) in [6, 6.07) is 16.7. The number of ether oxygens (including phenoxy) is 4. The number of aliphatic hydroxyl groups is 2. The van der Waals surface area contributed by atoms with Gasteiger partial charge < -0.3 is 44.7 Å². The number of aliphatic imine (C=N–C) groups is 1. The maximum atomic E-state index is 10.3. The number of carboxylic acids is 2. The van der Waals surface area contributed by atoms with Gasteiger partial charge in [0.05, 0.1) is 57.5 Å². The normalized spacial score (nSPS) is 22.2. The number of aliphatic hydroxyl groups excluding tert-OH is 2. The van der Waals surface area contributed by atoms with Gasteiger partial charge in [-0.05, 0) is 85.2 Å². The number of carboxylic acid groups (broad SMARTS) is 2. The molecule has 0 bridgehead atoms. The Labute approximate surface area is 307 Å². The van der Waals surface area contributed by atoms with Gasteiger partial charge in [-0.2, -0.15) is 4.98 Å². The van der Waals surface area contributed by atoms with Crippen LogP contribution in [0, 0.1) is 0 Å². The summed E-state index contributed by atoms with van der Waals surface area (Å²) >= 11 is 0. The third-order valence-electron chi connectivity index (χ3n) is 9.64. The van der Waals surface area contributed by atoms with E-state index in [4.69, 9.17) is 34.2 Å². The molecule has 3 heterocycles. The highest BCUT2D eigenvalue weighted by Crippen LogP contribution is 2.45. The van der Waals surface area contributed by atoms with Crippen molar-refractivity contribution in [3.05, 3.63) is 87.8 Å². The fourth-order valence-corrected chi connectivity index (χ4v) is 7.22. The predicted octanol–water partition coefficient (Wildman–Crippen LogP) is 3.16. The van der Waals surface area contributed by atoms with Crippen molar-refractivity contribution in [3.63, 3.8) is 0 Å². The van der Waals surface area contributed by atoms with Gasteiger partial charge >= 0.3 is 11.9 Å². The number of carbonyl (C=O) groups is 2. The van der Waals surface area contributed by atoms with Crippen LogP contribution in [0.3, 0.4) is 0 Å². The highest BCUT2D eigenvalue weighted by atomic mass is 16.5. The van der Waals surface area contributed by atoms with Crippen LogP contribution in [0.15, 0.2) is 65.7 Å². The lowest BCUT2D eigenvalue weighted by atomic mass is 9.74. The molecule has 2 aliphatic carbocycles. The summed E-state index contributed by atoms with van der Waals surface area (Å²) in [6.07, 6.45) is 7.79. The maximum Gasteiger partial charge on any atom is 0.328 e. The quantitative estimate of drug-likeness (QED) is 0.214. The van der Waals surface area contributed by atoms with Crippen molar-refractivity contribution in [2.45, 2.75) is 75.7 Å². The molecular formula is C40H47N3O10. The highest BCUT2D eigenvalue weighted by molar-refractivity contribution is 6.16. The van der Waals surface area contributed by atoms with E-state index in [9.17, 15) is 19.8 Å². The molecule has 13 heteroatoms. The molecule has 2 aromatic carbocycles. The zero-order valence-electron chi connectivity index (χ0n) is 30.3. The number of nitrogens with zero attached hydrogens (tertiary/aromatic N) is 2. The Kier molecular flexibility index (Phi) is 13.1. The number of hydrogen-bond acceptors (Lipinski definition) is 11. The lowest BCUT2D eigenvalue weighted by Gasteiger charge is -2.37. The van der Waals surface area contributed by atoms with Crippen LogP contribution >= 0.6 is 0 Å². The summed E-state index contributed by atoms with van der Waals surface area (Å²) in [5.41, 5.74) is 5.07. The second-order valence-electron chi connectivity index (χ2n) is 13.0. The fourth-order valence-electron chi connectivity index (χ4n) is 7.22. The summed E-state index contributed by atoms with van der Waals surface area (Å²) in [7, 11) is 4.80. The van der Waals surface area contributed by atoms with Crippen LogP contribution in [0.4, 0.5) is 0 Å². The van der Waals surface area contributed by atoms with Crippen LogP contribution in [0.2, 0.25) is 0 Å². The Hall–Kier alpha value is -5.40. The van der Waals surface area contributed by atoms with Gasteiger partial charge in [0.1, 0.15) is 0 Å². The number of nitrogens with one attached hydrogen (secondary N) is 1. The number of aromatic nitrogens is 1. The van der Waals surface area contributed by atoms with Crippen molar-refractivity contribution < 1.29 is 49.0 Å². The predicted molar refractivity (Wildman–Crippen MR) is 198 cm³/mol. The van der Waals surface area contributed by atoms with Crippen LogP contribution in [0.25, 0.3) is 11.8 Å². The number of pyridine rings is 1. The zero-order valence-corrected chi connectivity index (χ0v) is 30.3. The van der Waals surface area contributed by atoms with E-state index in [0.29, 0.717) is 54.5 Å². The number of benzene rings is 2. The van der Waals surface area contributed by atoms with Crippen LogP contribution in [0.5, 0.6) is 23.3 Å². The monoisotopic (exact) mass is 729 g/mol. The Morgan fingerprint density at radius 3 is 2.28 bits per heavy atom. The van der Waals surface area contributed by atoms with E-state index in [0.717, 1.165) is 54.5 Å². The van der Waals surface area contributed by atoms with Gasteiger partial charge in [0, 0.05) is 41.9 Å². The number of rotatable bonds is 8. The van der Waals surface area contributed by atoms with E-state index < -0.39 is 11.9 Å². The molecule has 13 nitrogen and oxygen atoms in total. The van der Waals surface area contributed by atoms with Gasteiger partial charge in [-0.3, -0.25) is 4.99 Å². The first-order valence-electron chi connectivity index (χ1n) is 17.6. The maximum absolute atomic E-state index is 10.3. The second kappa shape index (κ2) is 17.9. The first-order valence-corrected chi connectivity index (χ1v) is 17.6. The minimum atomic E-state index is -1.26. The van der Waals surface area contributed by atoms with E-state index in [-0.39, 0.29) is 24.2 Å². The first-order chi connectivity index (χ1) is 25.6. The zero-order chi connectivity index (χ0) is 38.1. The molecule has 0 radical (unpaired) electrons. The molecule has 282 valence electrons. The minimum absolute atomic E-state index is 0.0885. The molecule has 2 fully saturated rings. The third kappa shape index (κ3) is 9.34. The average molecular weight is 730 g/mol. The van der Waals surface area contributed by atoms with Crippen molar-refractivity contribution in [3.8, 4) is 23.3 Å². The molecule has 2 saturated carbocycles. The topological polar surface area (TPSA) is 189 Å². The van der Waals surface area contributed by atoms with Gasteiger partial charge in [-0.25, -0.2) is 9.59 Å². The average Bonchev–Trinajstić information content (AvgIpc) is 3.17. The fraction of sp³-hybridized carbons (Fsp3) is 0.400. The summed E-state index contributed by atoms with van der Waals surface area (Å²) in [5, 5.41) is 41.7. The molecule has 0 spiro atoms. The molecular weight excluding hydrogens is 682 g/mol. The number of methoxy groups -OCH3 is 3. The highest BCUT2D eigenvalue weighted by Gasteiger charge is 2.38. The van der Waals surface area contributed by atoms with Crippen LogP contribution < -0.4 is 34.7 Å². The van der Waals surface area contributed by atoms with E-state index in [2.05, 4.69) is 40.8 Å². The molecule has 5 atom stereocenters. The van der Waals surface area contributed by atoms with Gasteiger partial charge in [0.15, 0.2) is 11.5 Å². The van der Waals surface area contributed by atoms with Crippen molar-refractivity contribution in [2.24, 2.45) is 4.99 Å². The molecule has 0 amide bonds. The van der Waals surface area contributed by atoms with Crippen LogP contribution in [0.1, 0.15) is 68.1 Å². The Morgan fingerprint density at radius 1 is 0.868 bits per heavy atom. The molecule has 3 aromatic rings. The molecule has 1 aromatic heterocycles. The Bertz CT molecular complexity index is 1960. The Morgan fingerprint density at radius 2 is 1.60 bits per heavy atom. The van der Waals surface area contributed by atoms with Gasteiger partial charge in [-0.1, -0.05) is 24.3 Å². The number of aliphatic carboxylic acids is 2. The third-order valence-corrected chi connectivity index (χ3v) is 9.64. The molecule has 0 saturated heterocycles. The van der Waals surface area contributed by atoms with Gasteiger partial charge in [-0.15, -0.1) is 0 Å². The molecule has 2 aliphatic heterocycles. The summed E-state index contributed by atoms with van der Waals surface area (Å²) < 4.78 is 22.2. The van der Waals surface area contributed by atoms with E-state index >= 15 is 0 Å². The standard InChI is InChI=1S/C23H28N2O5.C13H15NO.C4H4O4/c1-5-30-20-11-15-16-10-13(26)6-8-18(16)24-22(17(15)12-19(20)27-2)14-7-9-21(28-3)25-23(14)29-4;15-10-5-6-13-12(7-10)11-4-2-1-3-9(11)8-14-13;5-3(6)1-2-4(7)8/h7,9,11-13,16,18,26H,5-6,8,10H2,1-4H3;1-4,8,10,13-15H,5-7H2;1-2H,(H,5,6)(H,7,8)/t13-,16-,18-;;/m1../s1. The van der Waals surface area contributed by atoms with Crippen molar-refractivity contribution >= 4 is 29.4 Å². The lowest BCUT2D eigenvalue weighted by molar-refractivity contribution is -0.134. The summed E-state index contributed by atoms with van der Waals surface area (Å²) in [4.78, 5) is 28.7. The molecule has 5 N–H and O–H groups in total. The van der Waals surface area contributed by atoms with Crippen molar-refractivity contribution in [1.82, 2.24) is 10.3 Å². The molecule has 7 rings (SSSR count). The van der Waals surface area contributed by atoms with E-state index in [1.165, 1.54) is 16.0 Å². The summed E-state index contributed by atoms with van der Waals surface area (Å²) in [6.45, 7) is 2.50. The second-order valence-corrected chi connectivity index (χ2v) is 13.0. The van der Waals surface area contributed by atoms with E-state index in [1.54, 1.807) is 21.3 Å². The molecule has 2 unspecified atom stereocenters. The van der Waals surface area contributed by atoms with Crippen LogP contribution in [-0.4, -0.2) is 95.3 Å². The van der Waals surface area contributed by atoms with Crippen LogP contribution in [-0.2, 0) is 9.59 Å².